The van der Waals surface area contributed by atoms with E-state index in [1.165, 1.54) is 31.4 Å². The van der Waals surface area contributed by atoms with Crippen LogP contribution in [0.25, 0.3) is 16.8 Å². The zero-order valence-electron chi connectivity index (χ0n) is 15.3. The van der Waals surface area contributed by atoms with E-state index in [2.05, 4.69) is 11.7 Å². The van der Waals surface area contributed by atoms with Gasteiger partial charge in [-0.15, -0.1) is 0 Å². The second kappa shape index (κ2) is 8.15. The molecule has 0 spiro atoms. The number of alkyl halides is 2. The Morgan fingerprint density at radius 2 is 1.88 bits per heavy atom. The highest BCUT2D eigenvalue weighted by Crippen LogP contribution is 2.39. The van der Waals surface area contributed by atoms with Gasteiger partial charge in [-0.3, -0.25) is 0 Å². The zero-order chi connectivity index (χ0) is 18.7. The molecule has 1 aliphatic carbocycles. The number of halogens is 3. The minimum Gasteiger partial charge on any atom is -0.434 e. The van der Waals surface area contributed by atoms with Crippen molar-refractivity contribution in [3.63, 3.8) is 0 Å². The summed E-state index contributed by atoms with van der Waals surface area (Å²) >= 11 is 0. The minimum absolute atomic E-state index is 0.0662. The van der Waals surface area contributed by atoms with Crippen LogP contribution in [-0.4, -0.2) is 6.61 Å². The number of hydrogen-bond donors (Lipinski definition) is 0. The fourth-order valence-electron chi connectivity index (χ4n) is 4.05. The van der Waals surface area contributed by atoms with Gasteiger partial charge in [0.25, 0.3) is 0 Å². The Morgan fingerprint density at radius 1 is 1.15 bits per heavy atom. The highest BCUT2D eigenvalue weighted by Gasteiger charge is 2.22. The van der Waals surface area contributed by atoms with Crippen LogP contribution in [0.1, 0.15) is 63.0 Å². The largest absolute Gasteiger partial charge is 0.434 e. The van der Waals surface area contributed by atoms with Crippen LogP contribution in [0, 0.1) is 11.7 Å². The molecule has 2 aromatic rings. The summed E-state index contributed by atoms with van der Waals surface area (Å²) in [6.45, 7) is 0.964. The molecule has 1 nitrogen and oxygen atoms in total. The van der Waals surface area contributed by atoms with Crippen molar-refractivity contribution >= 4 is 16.8 Å². The number of allylic oxidation sites excluding steroid dienone is 1. The van der Waals surface area contributed by atoms with Crippen molar-refractivity contribution in [1.29, 1.82) is 0 Å². The Bertz CT molecular complexity index is 790. The van der Waals surface area contributed by atoms with Gasteiger partial charge in [-0.25, -0.2) is 4.39 Å². The minimum atomic E-state index is -2.98. The molecule has 0 saturated heterocycles. The van der Waals surface area contributed by atoms with E-state index in [4.69, 9.17) is 0 Å². The van der Waals surface area contributed by atoms with Gasteiger partial charge < -0.3 is 4.74 Å². The Labute approximate surface area is 152 Å². The van der Waals surface area contributed by atoms with Gasteiger partial charge in [0.1, 0.15) is 11.6 Å². The molecule has 3 rings (SSSR count). The van der Waals surface area contributed by atoms with E-state index < -0.39 is 12.4 Å². The van der Waals surface area contributed by atoms with E-state index >= 15 is 0 Å². The monoisotopic (exact) mass is 362 g/mol. The average molecular weight is 362 g/mol. The summed E-state index contributed by atoms with van der Waals surface area (Å²) in [4.78, 5) is 0. The molecule has 1 aliphatic rings. The maximum absolute atomic E-state index is 14.9. The van der Waals surface area contributed by atoms with E-state index in [0.29, 0.717) is 16.7 Å². The van der Waals surface area contributed by atoms with Crippen molar-refractivity contribution in [2.45, 2.75) is 58.5 Å². The molecule has 0 bridgehead atoms. The molecule has 0 aromatic heterocycles. The summed E-state index contributed by atoms with van der Waals surface area (Å²) < 4.78 is 44.9. The smallest absolute Gasteiger partial charge is 0.387 e. The predicted octanol–water partition coefficient (Wildman–Crippen LogP) is 7.30. The first-order valence-corrected chi connectivity index (χ1v) is 9.37. The highest BCUT2D eigenvalue weighted by atomic mass is 19.3. The van der Waals surface area contributed by atoms with Crippen molar-refractivity contribution in [3.05, 3.63) is 47.3 Å². The van der Waals surface area contributed by atoms with Gasteiger partial charge in [-0.05, 0) is 61.5 Å². The van der Waals surface area contributed by atoms with Crippen molar-refractivity contribution < 1.29 is 17.9 Å². The first-order valence-electron chi connectivity index (χ1n) is 9.37. The summed E-state index contributed by atoms with van der Waals surface area (Å²) in [6.07, 6.45) is 8.99. The molecule has 0 atom stereocenters. The maximum Gasteiger partial charge on any atom is 0.387 e. The van der Waals surface area contributed by atoms with Crippen LogP contribution in [0.15, 0.2) is 30.3 Å². The maximum atomic E-state index is 14.9. The second-order valence-corrected chi connectivity index (χ2v) is 7.09. The summed E-state index contributed by atoms with van der Waals surface area (Å²) in [7, 11) is 0. The van der Waals surface area contributed by atoms with Crippen molar-refractivity contribution in [2.24, 2.45) is 5.92 Å². The fourth-order valence-corrected chi connectivity index (χ4v) is 4.05. The van der Waals surface area contributed by atoms with Crippen LogP contribution in [0.4, 0.5) is 13.2 Å². The SMILES string of the molecule is C/C=C/c1c(OC(F)F)cc2cc(C3CCC(CC)CC3)ccc2c1F. The van der Waals surface area contributed by atoms with Gasteiger partial charge in [0.15, 0.2) is 0 Å². The lowest BCUT2D eigenvalue weighted by Gasteiger charge is -2.28. The van der Waals surface area contributed by atoms with Gasteiger partial charge in [0, 0.05) is 5.39 Å². The third kappa shape index (κ3) is 3.89. The summed E-state index contributed by atoms with van der Waals surface area (Å²) in [5.74, 6) is 0.631. The first-order chi connectivity index (χ1) is 12.5. The summed E-state index contributed by atoms with van der Waals surface area (Å²) in [6, 6.07) is 7.22. The number of benzene rings is 2. The van der Waals surface area contributed by atoms with Crippen LogP contribution < -0.4 is 4.74 Å². The van der Waals surface area contributed by atoms with Crippen molar-refractivity contribution in [1.82, 2.24) is 0 Å². The topological polar surface area (TPSA) is 9.23 Å². The lowest BCUT2D eigenvalue weighted by molar-refractivity contribution is -0.0500. The van der Waals surface area contributed by atoms with Gasteiger partial charge in [0.05, 0.1) is 5.56 Å². The van der Waals surface area contributed by atoms with E-state index in [-0.39, 0.29) is 11.3 Å². The lowest BCUT2D eigenvalue weighted by Crippen LogP contribution is -2.12. The molecule has 4 heteroatoms. The third-order valence-corrected chi connectivity index (χ3v) is 5.55. The van der Waals surface area contributed by atoms with Crippen molar-refractivity contribution in [3.8, 4) is 5.75 Å². The standard InChI is InChI=1S/C22H25F3O/c1-3-5-19-20(26-22(24)25)13-17-12-16(10-11-18(17)21(19)23)15-8-6-14(4-2)7-9-15/h3,5,10-15,22H,4,6-9H2,1-2H3/b5-3+. The van der Waals surface area contributed by atoms with Gasteiger partial charge in [-0.1, -0.05) is 43.7 Å². The number of fused-ring (bicyclic) bond motifs is 1. The highest BCUT2D eigenvalue weighted by molar-refractivity contribution is 5.88. The van der Waals surface area contributed by atoms with E-state index in [0.717, 1.165) is 24.3 Å². The summed E-state index contributed by atoms with van der Waals surface area (Å²) in [5, 5.41) is 1.05. The fraction of sp³-hybridized carbons (Fsp3) is 0.455. The number of hydrogen-bond acceptors (Lipinski definition) is 1. The quantitative estimate of drug-likeness (QED) is 0.542. The summed E-state index contributed by atoms with van der Waals surface area (Å²) in [5.41, 5.74) is 1.23. The third-order valence-electron chi connectivity index (χ3n) is 5.55. The molecule has 0 amide bonds. The number of rotatable bonds is 5. The lowest BCUT2D eigenvalue weighted by atomic mass is 9.77. The Kier molecular flexibility index (Phi) is 5.90. The molecule has 1 fully saturated rings. The van der Waals surface area contributed by atoms with E-state index in [1.807, 2.05) is 12.1 Å². The van der Waals surface area contributed by atoms with Crippen LogP contribution in [-0.2, 0) is 0 Å². The first kappa shape index (κ1) is 18.8. The average Bonchev–Trinajstić information content (AvgIpc) is 2.64. The molecular formula is C22H25F3O. The molecule has 1 saturated carbocycles. The van der Waals surface area contributed by atoms with Gasteiger partial charge >= 0.3 is 6.61 Å². The molecule has 2 aromatic carbocycles. The molecule has 140 valence electrons. The molecule has 26 heavy (non-hydrogen) atoms. The van der Waals surface area contributed by atoms with E-state index in [9.17, 15) is 13.2 Å². The molecular weight excluding hydrogens is 337 g/mol. The normalized spacial score (nSPS) is 21.0. The Morgan fingerprint density at radius 3 is 2.50 bits per heavy atom. The molecule has 0 unspecified atom stereocenters. The van der Waals surface area contributed by atoms with Crippen LogP contribution >= 0.6 is 0 Å². The Hall–Kier alpha value is -1.97. The van der Waals surface area contributed by atoms with E-state index in [1.54, 1.807) is 19.1 Å². The Balaban J connectivity index is 1.99. The molecule has 0 aliphatic heterocycles. The molecule has 0 heterocycles. The van der Waals surface area contributed by atoms with Gasteiger partial charge in [0.2, 0.25) is 0 Å². The van der Waals surface area contributed by atoms with Gasteiger partial charge in [-0.2, -0.15) is 8.78 Å². The second-order valence-electron chi connectivity index (χ2n) is 7.09. The van der Waals surface area contributed by atoms with Crippen molar-refractivity contribution in [2.75, 3.05) is 0 Å². The number of ether oxygens (including phenoxy) is 1. The van der Waals surface area contributed by atoms with Crippen LogP contribution in [0.5, 0.6) is 5.75 Å². The van der Waals surface area contributed by atoms with Crippen LogP contribution in [0.3, 0.4) is 0 Å². The predicted molar refractivity (Wildman–Crippen MR) is 100 cm³/mol. The molecule has 0 N–H and O–H groups in total. The zero-order valence-corrected chi connectivity index (χ0v) is 15.3. The molecule has 0 radical (unpaired) electrons. The van der Waals surface area contributed by atoms with Crippen LogP contribution in [0.2, 0.25) is 0 Å².